The summed E-state index contributed by atoms with van der Waals surface area (Å²) in [6, 6.07) is 33.1. The number of hydrogen-bond donors (Lipinski definition) is 0. The summed E-state index contributed by atoms with van der Waals surface area (Å²) in [7, 11) is 2.22. The van der Waals surface area contributed by atoms with E-state index in [4.69, 9.17) is 4.74 Å². The first kappa shape index (κ1) is 23.0. The molecule has 0 N–H and O–H groups in total. The van der Waals surface area contributed by atoms with E-state index >= 15 is 0 Å². The van der Waals surface area contributed by atoms with E-state index in [0.717, 1.165) is 25.8 Å². The predicted octanol–water partition coefficient (Wildman–Crippen LogP) is 6.41. The molecule has 0 aliphatic carbocycles. The van der Waals surface area contributed by atoms with Crippen molar-refractivity contribution in [3.63, 3.8) is 0 Å². The number of rotatable bonds is 7. The van der Waals surface area contributed by atoms with Gasteiger partial charge in [-0.25, -0.2) is 0 Å². The minimum absolute atomic E-state index is 0.00240. The molecule has 6 rings (SSSR count). The first-order valence-corrected chi connectivity index (χ1v) is 13.1. The molecule has 2 aliphatic rings. The van der Waals surface area contributed by atoms with Gasteiger partial charge in [-0.1, -0.05) is 78.9 Å². The van der Waals surface area contributed by atoms with Gasteiger partial charge in [0.2, 0.25) is 0 Å². The highest BCUT2D eigenvalue weighted by Crippen LogP contribution is 2.50. The van der Waals surface area contributed by atoms with E-state index < -0.39 is 0 Å². The minimum Gasteiger partial charge on any atom is -0.377 e. The summed E-state index contributed by atoms with van der Waals surface area (Å²) in [5.41, 5.74) is 6.70. The van der Waals surface area contributed by atoms with Gasteiger partial charge in [-0.15, -0.1) is 0 Å². The van der Waals surface area contributed by atoms with Crippen LogP contribution in [-0.4, -0.2) is 22.1 Å². The first-order valence-electron chi connectivity index (χ1n) is 13.1. The Morgan fingerprint density at radius 2 is 1.61 bits per heavy atom. The van der Waals surface area contributed by atoms with Crippen LogP contribution in [-0.2, 0) is 31.4 Å². The molecule has 36 heavy (non-hydrogen) atoms. The number of para-hydroxylation sites is 1. The lowest BCUT2D eigenvalue weighted by molar-refractivity contribution is -0.0125. The van der Waals surface area contributed by atoms with Gasteiger partial charge in [0.15, 0.2) is 0 Å². The molecule has 2 aliphatic heterocycles. The van der Waals surface area contributed by atoms with Crippen LogP contribution in [0.25, 0.3) is 10.9 Å². The van der Waals surface area contributed by atoms with Gasteiger partial charge in [-0.3, -0.25) is 4.90 Å². The Bertz CT molecular complexity index is 1370. The average Bonchev–Trinajstić information content (AvgIpc) is 3.20. The number of nitriles is 1. The SMILES string of the molecule is Cn1c2c(c3ccccc31)C[C@@H]1[C@@H](C#N)[C@H](CCOCc3ccccc3)C[C@H]2N1Cc1ccccc1. The van der Waals surface area contributed by atoms with Gasteiger partial charge in [-0.05, 0) is 47.9 Å². The molecule has 0 saturated carbocycles. The molecular formula is C32H33N3O. The summed E-state index contributed by atoms with van der Waals surface area (Å²) in [5, 5.41) is 11.8. The Morgan fingerprint density at radius 3 is 2.36 bits per heavy atom. The van der Waals surface area contributed by atoms with Crippen molar-refractivity contribution >= 4 is 10.9 Å². The normalized spacial score (nSPS) is 23.3. The van der Waals surface area contributed by atoms with E-state index in [1.54, 1.807) is 0 Å². The Kier molecular flexibility index (Phi) is 6.35. The molecule has 1 aromatic heterocycles. The van der Waals surface area contributed by atoms with Crippen LogP contribution in [0, 0.1) is 23.2 Å². The molecule has 1 saturated heterocycles. The van der Waals surface area contributed by atoms with Crippen molar-refractivity contribution < 1.29 is 4.74 Å². The summed E-state index contributed by atoms with van der Waals surface area (Å²) >= 11 is 0. The zero-order valence-electron chi connectivity index (χ0n) is 20.9. The summed E-state index contributed by atoms with van der Waals surface area (Å²) in [6.07, 6.45) is 2.85. The molecule has 4 heteroatoms. The largest absolute Gasteiger partial charge is 0.377 e. The van der Waals surface area contributed by atoms with Crippen LogP contribution in [0.15, 0.2) is 84.9 Å². The number of fused-ring (bicyclic) bond motifs is 6. The molecule has 0 spiro atoms. The van der Waals surface area contributed by atoms with E-state index in [1.165, 1.54) is 33.3 Å². The van der Waals surface area contributed by atoms with Crippen LogP contribution in [0.2, 0.25) is 0 Å². The van der Waals surface area contributed by atoms with Crippen LogP contribution >= 0.6 is 0 Å². The molecular weight excluding hydrogens is 442 g/mol. The van der Waals surface area contributed by atoms with Gasteiger partial charge in [-0.2, -0.15) is 5.26 Å². The highest BCUT2D eigenvalue weighted by atomic mass is 16.5. The fraction of sp³-hybridized carbons (Fsp3) is 0.344. The van der Waals surface area contributed by atoms with Crippen molar-refractivity contribution in [3.8, 4) is 6.07 Å². The number of ether oxygens (including phenoxy) is 1. The number of nitrogens with zero attached hydrogens (tertiary/aromatic N) is 3. The van der Waals surface area contributed by atoms with E-state index in [1.807, 2.05) is 6.07 Å². The molecule has 4 atom stereocenters. The van der Waals surface area contributed by atoms with Crippen molar-refractivity contribution in [2.24, 2.45) is 18.9 Å². The molecule has 0 unspecified atom stereocenters. The number of benzene rings is 3. The van der Waals surface area contributed by atoms with Gasteiger partial charge in [0.1, 0.15) is 0 Å². The third kappa shape index (κ3) is 4.13. The third-order valence-corrected chi connectivity index (χ3v) is 8.37. The van der Waals surface area contributed by atoms with Crippen LogP contribution in [0.1, 0.15) is 41.3 Å². The number of aromatic nitrogens is 1. The van der Waals surface area contributed by atoms with Gasteiger partial charge in [0.05, 0.1) is 24.6 Å². The maximum absolute atomic E-state index is 10.4. The molecule has 4 aromatic rings. The van der Waals surface area contributed by atoms with Crippen LogP contribution in [0.5, 0.6) is 0 Å². The van der Waals surface area contributed by atoms with E-state index in [0.29, 0.717) is 25.2 Å². The average molecular weight is 476 g/mol. The zero-order valence-corrected chi connectivity index (χ0v) is 20.9. The van der Waals surface area contributed by atoms with Crippen LogP contribution in [0.3, 0.4) is 0 Å². The van der Waals surface area contributed by atoms with E-state index in [9.17, 15) is 5.26 Å². The van der Waals surface area contributed by atoms with Crippen molar-refractivity contribution in [1.82, 2.24) is 9.47 Å². The predicted molar refractivity (Wildman–Crippen MR) is 143 cm³/mol. The van der Waals surface area contributed by atoms with Gasteiger partial charge in [0.25, 0.3) is 0 Å². The lowest BCUT2D eigenvalue weighted by Crippen LogP contribution is -2.54. The summed E-state index contributed by atoms with van der Waals surface area (Å²) in [5.74, 6) is 0.330. The maximum atomic E-state index is 10.4. The Labute approximate surface area is 213 Å². The zero-order chi connectivity index (χ0) is 24.5. The van der Waals surface area contributed by atoms with Gasteiger partial charge >= 0.3 is 0 Å². The fourth-order valence-electron chi connectivity index (χ4n) is 6.68. The van der Waals surface area contributed by atoms with E-state index in [2.05, 4.69) is 101 Å². The molecule has 2 bridgehead atoms. The van der Waals surface area contributed by atoms with Crippen LogP contribution < -0.4 is 0 Å². The summed E-state index contributed by atoms with van der Waals surface area (Å²) in [4.78, 5) is 2.63. The smallest absolute Gasteiger partial charge is 0.0716 e. The Morgan fingerprint density at radius 1 is 0.917 bits per heavy atom. The van der Waals surface area contributed by atoms with Gasteiger partial charge < -0.3 is 9.30 Å². The first-order chi connectivity index (χ1) is 17.7. The molecule has 3 heterocycles. The van der Waals surface area contributed by atoms with E-state index in [-0.39, 0.29) is 12.0 Å². The summed E-state index contributed by atoms with van der Waals surface area (Å²) < 4.78 is 8.49. The second-order valence-electron chi connectivity index (χ2n) is 10.4. The van der Waals surface area contributed by atoms with Crippen molar-refractivity contribution in [1.29, 1.82) is 5.26 Å². The lowest BCUT2D eigenvalue weighted by atomic mass is 9.69. The summed E-state index contributed by atoms with van der Waals surface area (Å²) in [6.45, 7) is 2.20. The highest BCUT2D eigenvalue weighted by molar-refractivity contribution is 5.86. The standard InChI is InChI=1S/C32H33N3O/c1-34-29-15-9-8-14-26(29)27-19-30-28(20-33)25(16-17-36-22-24-12-6-3-7-13-24)18-31(32(27)34)35(30)21-23-10-4-2-5-11-23/h2-15,25,28,30-31H,16-19,21-22H2,1H3/t25-,28+,30-,31-/m1/s1. The minimum atomic E-state index is -0.00240. The number of piperidine rings is 1. The second-order valence-corrected chi connectivity index (χ2v) is 10.4. The van der Waals surface area contributed by atoms with Crippen molar-refractivity contribution in [3.05, 3.63) is 107 Å². The molecule has 4 nitrogen and oxygen atoms in total. The maximum Gasteiger partial charge on any atom is 0.0716 e. The number of aryl methyl sites for hydroxylation is 1. The molecule has 3 aromatic carbocycles. The molecule has 182 valence electrons. The lowest BCUT2D eigenvalue weighted by Gasteiger charge is -2.51. The number of hydrogen-bond acceptors (Lipinski definition) is 3. The molecule has 0 amide bonds. The monoisotopic (exact) mass is 475 g/mol. The van der Waals surface area contributed by atoms with Crippen molar-refractivity contribution in [2.45, 2.75) is 44.5 Å². The second kappa shape index (κ2) is 9.93. The topological polar surface area (TPSA) is 41.2 Å². The Balaban J connectivity index is 1.30. The Hall–Kier alpha value is -3.39. The third-order valence-electron chi connectivity index (χ3n) is 8.37. The highest BCUT2D eigenvalue weighted by Gasteiger charge is 2.48. The van der Waals surface area contributed by atoms with Crippen molar-refractivity contribution in [2.75, 3.05) is 6.61 Å². The fourth-order valence-corrected chi connectivity index (χ4v) is 6.68. The van der Waals surface area contributed by atoms with Gasteiger partial charge in [0, 0.05) is 42.8 Å². The molecule has 1 fully saturated rings. The quantitative estimate of drug-likeness (QED) is 0.290. The molecule has 0 radical (unpaired) electrons. The van der Waals surface area contributed by atoms with Crippen LogP contribution in [0.4, 0.5) is 0 Å².